The van der Waals surface area contributed by atoms with Gasteiger partial charge >= 0.3 is 0 Å². The fraction of sp³-hybridized carbons (Fsp3) is 0.529. The molecule has 0 aromatic heterocycles. The fourth-order valence-electron chi connectivity index (χ4n) is 2.03. The van der Waals surface area contributed by atoms with Crippen LogP contribution in [-0.2, 0) is 0 Å². The Bertz CT molecular complexity index is 429. The molecule has 1 N–H and O–H groups in total. The maximum absolute atomic E-state index is 3.53. The molecule has 0 aliphatic rings. The van der Waals surface area contributed by atoms with E-state index in [1.165, 1.54) is 34.2 Å². The first-order chi connectivity index (χ1) is 8.45. The second-order valence-electron chi connectivity index (χ2n) is 5.36. The first-order valence-corrected chi connectivity index (χ1v) is 6.95. The highest BCUT2D eigenvalue weighted by Gasteiger charge is 2.05. The highest BCUT2D eigenvalue weighted by Crippen LogP contribution is 2.19. The number of hydrogen-bond donors (Lipinski definition) is 1. The highest BCUT2D eigenvalue weighted by atomic mass is 14.9. The van der Waals surface area contributed by atoms with Crippen LogP contribution in [0.1, 0.15) is 49.4 Å². The quantitative estimate of drug-likeness (QED) is 0.810. The van der Waals surface area contributed by atoms with Gasteiger partial charge in [0.15, 0.2) is 0 Å². The minimum atomic E-state index is 0.450. The zero-order chi connectivity index (χ0) is 13.7. The SMILES string of the molecule is CCCNC(C)/C(C)=C/c1cc(C)c(C)cc1C. The Morgan fingerprint density at radius 1 is 1.17 bits per heavy atom. The molecule has 0 fully saturated rings. The Kier molecular flexibility index (Phi) is 5.61. The van der Waals surface area contributed by atoms with Crippen molar-refractivity contribution in [3.8, 4) is 0 Å². The van der Waals surface area contributed by atoms with Crippen molar-refractivity contribution in [1.29, 1.82) is 0 Å². The molecule has 1 unspecified atom stereocenters. The molecular formula is C17H27N. The highest BCUT2D eigenvalue weighted by molar-refractivity contribution is 5.59. The predicted octanol–water partition coefficient (Wildman–Crippen LogP) is 4.40. The van der Waals surface area contributed by atoms with Gasteiger partial charge in [-0.15, -0.1) is 0 Å². The lowest BCUT2D eigenvalue weighted by molar-refractivity contribution is 0.604. The third-order valence-electron chi connectivity index (χ3n) is 3.65. The molecule has 1 heteroatoms. The van der Waals surface area contributed by atoms with Gasteiger partial charge in [-0.25, -0.2) is 0 Å². The fourth-order valence-corrected chi connectivity index (χ4v) is 2.03. The minimum absolute atomic E-state index is 0.450. The van der Waals surface area contributed by atoms with Crippen molar-refractivity contribution in [1.82, 2.24) is 5.32 Å². The summed E-state index contributed by atoms with van der Waals surface area (Å²) in [6, 6.07) is 5.02. The average Bonchev–Trinajstić information content (AvgIpc) is 2.32. The van der Waals surface area contributed by atoms with Crippen molar-refractivity contribution >= 4 is 6.08 Å². The molecule has 0 amide bonds. The molecule has 0 saturated carbocycles. The second kappa shape index (κ2) is 6.75. The van der Waals surface area contributed by atoms with Crippen LogP contribution >= 0.6 is 0 Å². The first-order valence-electron chi connectivity index (χ1n) is 6.95. The van der Waals surface area contributed by atoms with E-state index in [9.17, 15) is 0 Å². The van der Waals surface area contributed by atoms with Crippen LogP contribution in [0.4, 0.5) is 0 Å². The van der Waals surface area contributed by atoms with Gasteiger partial charge in [0, 0.05) is 6.04 Å². The van der Waals surface area contributed by atoms with Gasteiger partial charge in [-0.05, 0) is 69.8 Å². The third-order valence-corrected chi connectivity index (χ3v) is 3.65. The molecule has 1 nitrogen and oxygen atoms in total. The van der Waals surface area contributed by atoms with Crippen LogP contribution in [0, 0.1) is 20.8 Å². The number of aryl methyl sites for hydroxylation is 3. The molecule has 18 heavy (non-hydrogen) atoms. The molecule has 0 spiro atoms. The molecule has 0 aliphatic carbocycles. The predicted molar refractivity (Wildman–Crippen MR) is 82.1 cm³/mol. The van der Waals surface area contributed by atoms with Gasteiger partial charge in [0.05, 0.1) is 0 Å². The third kappa shape index (κ3) is 3.99. The summed E-state index contributed by atoms with van der Waals surface area (Å²) in [6.07, 6.45) is 3.50. The first kappa shape index (κ1) is 15.0. The van der Waals surface area contributed by atoms with Gasteiger partial charge < -0.3 is 5.32 Å². The van der Waals surface area contributed by atoms with E-state index in [1.54, 1.807) is 0 Å². The molecular weight excluding hydrogens is 218 g/mol. The van der Waals surface area contributed by atoms with Gasteiger partial charge in [0.25, 0.3) is 0 Å². The summed E-state index contributed by atoms with van der Waals surface area (Å²) in [4.78, 5) is 0. The van der Waals surface area contributed by atoms with E-state index in [2.05, 4.69) is 65.1 Å². The van der Waals surface area contributed by atoms with Crippen LogP contribution < -0.4 is 5.32 Å². The lowest BCUT2D eigenvalue weighted by Crippen LogP contribution is -2.27. The van der Waals surface area contributed by atoms with Gasteiger partial charge in [-0.3, -0.25) is 0 Å². The number of nitrogens with one attached hydrogen (secondary N) is 1. The molecule has 0 radical (unpaired) electrons. The maximum atomic E-state index is 3.53. The Balaban J connectivity index is 2.91. The summed E-state index contributed by atoms with van der Waals surface area (Å²) in [5.41, 5.74) is 6.85. The number of hydrogen-bond acceptors (Lipinski definition) is 1. The van der Waals surface area contributed by atoms with Crippen LogP contribution in [0.3, 0.4) is 0 Å². The molecule has 0 aliphatic heterocycles. The Morgan fingerprint density at radius 2 is 1.78 bits per heavy atom. The largest absolute Gasteiger partial charge is 0.311 e. The van der Waals surface area contributed by atoms with Crippen LogP contribution in [0.25, 0.3) is 6.08 Å². The van der Waals surface area contributed by atoms with Gasteiger partial charge in [-0.1, -0.05) is 30.7 Å². The summed E-state index contributed by atoms with van der Waals surface area (Å²) < 4.78 is 0. The monoisotopic (exact) mass is 245 g/mol. The molecule has 1 rings (SSSR count). The second-order valence-corrected chi connectivity index (χ2v) is 5.36. The van der Waals surface area contributed by atoms with Crippen molar-refractivity contribution in [3.63, 3.8) is 0 Å². The Morgan fingerprint density at radius 3 is 2.39 bits per heavy atom. The lowest BCUT2D eigenvalue weighted by Gasteiger charge is -2.15. The van der Waals surface area contributed by atoms with Crippen molar-refractivity contribution < 1.29 is 0 Å². The molecule has 0 saturated heterocycles. The van der Waals surface area contributed by atoms with Gasteiger partial charge in [0.2, 0.25) is 0 Å². The van der Waals surface area contributed by atoms with E-state index in [1.807, 2.05) is 0 Å². The lowest BCUT2D eigenvalue weighted by atomic mass is 9.98. The molecule has 0 bridgehead atoms. The normalized spacial score (nSPS) is 13.8. The van der Waals surface area contributed by atoms with E-state index in [0.717, 1.165) is 6.54 Å². The van der Waals surface area contributed by atoms with Crippen molar-refractivity contribution in [2.45, 2.75) is 54.0 Å². The molecule has 1 aromatic carbocycles. The Hall–Kier alpha value is -1.08. The summed E-state index contributed by atoms with van der Waals surface area (Å²) in [5.74, 6) is 0. The van der Waals surface area contributed by atoms with E-state index in [-0.39, 0.29) is 0 Å². The zero-order valence-corrected chi connectivity index (χ0v) is 12.7. The topological polar surface area (TPSA) is 12.0 Å². The Labute approximate surface area is 112 Å². The van der Waals surface area contributed by atoms with Gasteiger partial charge in [0.1, 0.15) is 0 Å². The average molecular weight is 245 g/mol. The summed E-state index contributed by atoms with van der Waals surface area (Å²) in [5, 5.41) is 3.53. The summed E-state index contributed by atoms with van der Waals surface area (Å²) in [6.45, 7) is 14.3. The standard InChI is InChI=1S/C17H27N/c1-7-8-18-16(6)14(4)11-17-10-13(3)12(2)9-15(17)5/h9-11,16,18H,7-8H2,1-6H3/b14-11+. The molecule has 0 heterocycles. The summed E-state index contributed by atoms with van der Waals surface area (Å²) >= 11 is 0. The van der Waals surface area contributed by atoms with Crippen molar-refractivity contribution in [3.05, 3.63) is 40.0 Å². The van der Waals surface area contributed by atoms with Crippen LogP contribution in [0.15, 0.2) is 17.7 Å². The molecule has 100 valence electrons. The van der Waals surface area contributed by atoms with Crippen LogP contribution in [0.5, 0.6) is 0 Å². The van der Waals surface area contributed by atoms with E-state index in [0.29, 0.717) is 6.04 Å². The zero-order valence-electron chi connectivity index (χ0n) is 12.7. The number of benzene rings is 1. The minimum Gasteiger partial charge on any atom is -0.311 e. The molecule has 1 atom stereocenters. The van der Waals surface area contributed by atoms with E-state index in [4.69, 9.17) is 0 Å². The van der Waals surface area contributed by atoms with E-state index < -0.39 is 0 Å². The maximum Gasteiger partial charge on any atom is 0.0251 e. The summed E-state index contributed by atoms with van der Waals surface area (Å²) in [7, 11) is 0. The smallest absolute Gasteiger partial charge is 0.0251 e. The van der Waals surface area contributed by atoms with Crippen molar-refractivity contribution in [2.75, 3.05) is 6.54 Å². The molecule has 1 aromatic rings. The van der Waals surface area contributed by atoms with Crippen LogP contribution in [-0.4, -0.2) is 12.6 Å². The van der Waals surface area contributed by atoms with Crippen LogP contribution in [0.2, 0.25) is 0 Å². The number of rotatable bonds is 5. The van der Waals surface area contributed by atoms with Crippen molar-refractivity contribution in [2.24, 2.45) is 0 Å². The van der Waals surface area contributed by atoms with E-state index >= 15 is 0 Å². The van der Waals surface area contributed by atoms with Gasteiger partial charge in [-0.2, -0.15) is 0 Å².